The molecule has 4 aliphatic heterocycles. The Bertz CT molecular complexity index is 1380. The molecule has 3 atom stereocenters. The number of nitrogens with zero attached hydrogens (tertiary/aromatic N) is 4. The van der Waals surface area contributed by atoms with Crippen LogP contribution in [-0.2, 0) is 16.0 Å². The minimum absolute atomic E-state index is 0.274. The first kappa shape index (κ1) is 25.0. The number of methoxy groups -OCH3 is 1. The zero-order valence-electron chi connectivity index (χ0n) is 22.4. The first-order valence-electron chi connectivity index (χ1n) is 13.6. The number of dihydropyridines is 1. The number of piperidine rings is 1. The van der Waals surface area contributed by atoms with E-state index in [4.69, 9.17) is 9.72 Å². The lowest BCUT2D eigenvalue weighted by atomic mass is 9.81. The van der Waals surface area contributed by atoms with Gasteiger partial charge >= 0.3 is 0 Å². The first-order valence-corrected chi connectivity index (χ1v) is 13.6. The van der Waals surface area contributed by atoms with Crippen LogP contribution < -0.4 is 10.6 Å². The van der Waals surface area contributed by atoms with E-state index < -0.39 is 5.85 Å². The molecule has 3 unspecified atom stereocenters. The number of nitrogens with one attached hydrogen (secondary N) is 2. The second kappa shape index (κ2) is 9.76. The third kappa shape index (κ3) is 4.17. The van der Waals surface area contributed by atoms with E-state index in [1.165, 1.54) is 5.56 Å². The van der Waals surface area contributed by atoms with Crippen LogP contribution in [0.25, 0.3) is 17.0 Å². The quantitative estimate of drug-likeness (QED) is 0.466. The fraction of sp³-hybridized carbons (Fsp3) is 0.433. The van der Waals surface area contributed by atoms with Crippen molar-refractivity contribution in [3.05, 3.63) is 77.9 Å². The maximum atomic E-state index is 11.8. The zero-order valence-corrected chi connectivity index (χ0v) is 22.4. The van der Waals surface area contributed by atoms with E-state index in [-0.39, 0.29) is 5.54 Å². The first-order chi connectivity index (χ1) is 18.5. The van der Waals surface area contributed by atoms with Crippen molar-refractivity contribution >= 4 is 12.1 Å². The van der Waals surface area contributed by atoms with Crippen molar-refractivity contribution in [1.29, 1.82) is 0 Å². The van der Waals surface area contributed by atoms with Gasteiger partial charge in [-0.2, -0.15) is 0 Å². The molecule has 8 heteroatoms. The molecule has 3 saturated heterocycles. The molecule has 2 bridgehead atoms. The maximum absolute atomic E-state index is 11.8. The molecule has 6 heterocycles. The van der Waals surface area contributed by atoms with Crippen molar-refractivity contribution in [3.63, 3.8) is 0 Å². The van der Waals surface area contributed by atoms with Crippen LogP contribution in [0.4, 0.5) is 0 Å². The maximum Gasteiger partial charge on any atom is 0.234 e. The largest absolute Gasteiger partial charge is 0.343 e. The van der Waals surface area contributed by atoms with E-state index >= 15 is 0 Å². The predicted molar refractivity (Wildman–Crippen MR) is 147 cm³/mol. The van der Waals surface area contributed by atoms with E-state index in [1.807, 2.05) is 18.2 Å². The van der Waals surface area contributed by atoms with Gasteiger partial charge in [-0.3, -0.25) is 9.20 Å². The lowest BCUT2D eigenvalue weighted by Crippen LogP contribution is -2.70. The molecule has 198 valence electrons. The Hall–Kier alpha value is -3.33. The molecule has 38 heavy (non-hydrogen) atoms. The number of aromatic nitrogens is 3. The lowest BCUT2D eigenvalue weighted by Gasteiger charge is -2.53. The molecule has 2 N–H and O–H groups in total. The Morgan fingerprint density at radius 3 is 2.79 bits per heavy atom. The molecule has 3 aromatic rings. The third-order valence-corrected chi connectivity index (χ3v) is 8.56. The monoisotopic (exact) mass is 512 g/mol. The molecular weight excluding hydrogens is 476 g/mol. The summed E-state index contributed by atoms with van der Waals surface area (Å²) in [4.78, 5) is 23.8. The number of aldehydes is 1. The van der Waals surface area contributed by atoms with Crippen LogP contribution in [0.2, 0.25) is 0 Å². The highest BCUT2D eigenvalue weighted by Crippen LogP contribution is 2.41. The molecule has 0 spiro atoms. The summed E-state index contributed by atoms with van der Waals surface area (Å²) >= 11 is 0. The second-order valence-electron chi connectivity index (χ2n) is 11.1. The van der Waals surface area contributed by atoms with Gasteiger partial charge in [-0.1, -0.05) is 44.2 Å². The number of carbonyl (C=O) groups is 1. The average Bonchev–Trinajstić information content (AvgIpc) is 3.09. The molecule has 8 nitrogen and oxygen atoms in total. The molecular formula is C30H36N6O2. The van der Waals surface area contributed by atoms with Gasteiger partial charge in [0.15, 0.2) is 6.29 Å². The van der Waals surface area contributed by atoms with Crippen LogP contribution in [0, 0.1) is 0 Å². The normalized spacial score (nSPS) is 27.4. The number of hydrogen-bond acceptors (Lipinski definition) is 7. The fourth-order valence-electron chi connectivity index (χ4n) is 6.43. The summed E-state index contributed by atoms with van der Waals surface area (Å²) in [6.07, 6.45) is 14.3. The summed E-state index contributed by atoms with van der Waals surface area (Å²) < 4.78 is 8.34. The predicted octanol–water partition coefficient (Wildman–Crippen LogP) is 3.80. The lowest BCUT2D eigenvalue weighted by molar-refractivity contribution is -0.163. The Labute approximate surface area is 223 Å². The molecule has 0 amide bonds. The highest BCUT2D eigenvalue weighted by atomic mass is 16.5. The molecule has 7 rings (SSSR count). The summed E-state index contributed by atoms with van der Waals surface area (Å²) in [5, 5.41) is 7.22. The van der Waals surface area contributed by atoms with Gasteiger partial charge in [0.1, 0.15) is 0 Å². The van der Waals surface area contributed by atoms with Gasteiger partial charge in [0.05, 0.1) is 17.1 Å². The van der Waals surface area contributed by atoms with E-state index in [9.17, 15) is 4.79 Å². The molecule has 4 aliphatic rings. The minimum atomic E-state index is -0.913. The number of ether oxygens (including phenoxy) is 1. The number of rotatable bonds is 7. The van der Waals surface area contributed by atoms with Crippen LogP contribution in [0.3, 0.4) is 0 Å². The van der Waals surface area contributed by atoms with E-state index in [2.05, 4.69) is 69.2 Å². The van der Waals surface area contributed by atoms with Crippen LogP contribution in [0.5, 0.6) is 0 Å². The van der Waals surface area contributed by atoms with Crippen molar-refractivity contribution < 1.29 is 9.53 Å². The molecule has 1 aromatic carbocycles. The van der Waals surface area contributed by atoms with Crippen molar-refractivity contribution in [2.45, 2.75) is 62.9 Å². The number of imidazole rings is 1. The Morgan fingerprint density at radius 1 is 1.24 bits per heavy atom. The standard InChI is InChI=1S/C30H36N6O2/c1-21(2)22-7-9-23(10-8-22)27-26(35-16-5-15-31-28(35)33-27)18-29-14-11-24(32-20-29)12-17-36(29)30(38-3)13-4-6-25(19-37)34-30/h4-10,13,15-16,19,21,24,32,34H,11-12,14,17-18,20H2,1-3H3. The summed E-state index contributed by atoms with van der Waals surface area (Å²) in [5.41, 5.74) is 4.74. The van der Waals surface area contributed by atoms with Crippen molar-refractivity contribution in [2.75, 3.05) is 20.2 Å². The topological polar surface area (TPSA) is 83.8 Å². The average molecular weight is 513 g/mol. The van der Waals surface area contributed by atoms with Crippen molar-refractivity contribution in [2.24, 2.45) is 0 Å². The van der Waals surface area contributed by atoms with Gasteiger partial charge in [-0.15, -0.1) is 0 Å². The van der Waals surface area contributed by atoms with Crippen LogP contribution in [0.1, 0.15) is 50.3 Å². The number of hydrogen-bond donors (Lipinski definition) is 2. The fourth-order valence-corrected chi connectivity index (χ4v) is 6.43. The van der Waals surface area contributed by atoms with E-state index in [0.717, 1.165) is 62.0 Å². The van der Waals surface area contributed by atoms with Gasteiger partial charge in [0, 0.05) is 56.2 Å². The zero-order chi connectivity index (χ0) is 26.3. The number of benzene rings is 1. The SMILES string of the molecule is COC1(N2CCC3CCC2(Cc2c(-c4ccc(C(C)C)cc4)nc4ncccn24)CN3)C=CC=C(C=O)N1. The Morgan fingerprint density at radius 2 is 2.08 bits per heavy atom. The summed E-state index contributed by atoms with van der Waals surface area (Å²) in [5.74, 6) is 0.258. The summed E-state index contributed by atoms with van der Waals surface area (Å²) in [6.45, 7) is 6.08. The van der Waals surface area contributed by atoms with Gasteiger partial charge in [0.2, 0.25) is 11.6 Å². The minimum Gasteiger partial charge on any atom is -0.343 e. The van der Waals surface area contributed by atoms with Crippen LogP contribution >= 0.6 is 0 Å². The molecule has 3 fully saturated rings. The molecule has 0 saturated carbocycles. The Kier molecular flexibility index (Phi) is 6.42. The van der Waals surface area contributed by atoms with E-state index in [0.29, 0.717) is 23.4 Å². The molecule has 0 radical (unpaired) electrons. The second-order valence-corrected chi connectivity index (χ2v) is 11.1. The molecule has 2 aromatic heterocycles. The van der Waals surface area contributed by atoms with Gasteiger partial charge < -0.3 is 15.4 Å². The van der Waals surface area contributed by atoms with Gasteiger partial charge in [-0.25, -0.2) is 14.9 Å². The number of allylic oxidation sites excluding steroid dienone is 3. The van der Waals surface area contributed by atoms with Gasteiger partial charge in [-0.05, 0) is 49.0 Å². The van der Waals surface area contributed by atoms with E-state index in [1.54, 1.807) is 19.4 Å². The van der Waals surface area contributed by atoms with Crippen molar-refractivity contribution in [3.8, 4) is 11.3 Å². The van der Waals surface area contributed by atoms with Gasteiger partial charge in [0.25, 0.3) is 0 Å². The number of carbonyl (C=O) groups excluding carboxylic acids is 1. The smallest absolute Gasteiger partial charge is 0.234 e. The Balaban J connectivity index is 1.47. The highest BCUT2D eigenvalue weighted by molar-refractivity contribution is 5.73. The summed E-state index contributed by atoms with van der Waals surface area (Å²) in [7, 11) is 1.71. The third-order valence-electron chi connectivity index (χ3n) is 8.56. The summed E-state index contributed by atoms with van der Waals surface area (Å²) in [6, 6.07) is 11.2. The highest BCUT2D eigenvalue weighted by Gasteiger charge is 2.52. The van der Waals surface area contributed by atoms with Crippen molar-refractivity contribution in [1.82, 2.24) is 29.9 Å². The molecule has 0 aliphatic carbocycles. The number of fused-ring (bicyclic) bond motifs is 5. The van der Waals surface area contributed by atoms with Crippen LogP contribution in [0.15, 0.2) is 66.7 Å². The van der Waals surface area contributed by atoms with Crippen LogP contribution in [-0.4, -0.2) is 63.2 Å².